The molecule has 1 aromatic carbocycles. The van der Waals surface area contributed by atoms with Crippen LogP contribution in [-0.2, 0) is 4.74 Å². The Bertz CT molecular complexity index is 411. The van der Waals surface area contributed by atoms with E-state index in [9.17, 15) is 0 Å². The predicted molar refractivity (Wildman–Crippen MR) is 71.1 cm³/mol. The average molecular weight is 248 g/mol. The SMILES string of the molecule is NC1COCC1CN1CCCOc2ccccc21. The van der Waals surface area contributed by atoms with E-state index in [1.54, 1.807) is 0 Å². The van der Waals surface area contributed by atoms with Gasteiger partial charge in [-0.1, -0.05) is 12.1 Å². The quantitative estimate of drug-likeness (QED) is 0.855. The molecule has 0 aromatic heterocycles. The third-order valence-electron chi connectivity index (χ3n) is 3.74. The molecule has 1 saturated heterocycles. The van der Waals surface area contributed by atoms with Crippen LogP contribution < -0.4 is 15.4 Å². The van der Waals surface area contributed by atoms with Crippen LogP contribution in [0, 0.1) is 5.92 Å². The van der Waals surface area contributed by atoms with Gasteiger partial charge in [0.2, 0.25) is 0 Å². The molecular formula is C14H20N2O2. The summed E-state index contributed by atoms with van der Waals surface area (Å²) in [6.45, 7) is 4.25. The van der Waals surface area contributed by atoms with E-state index in [2.05, 4.69) is 17.0 Å². The van der Waals surface area contributed by atoms with Crippen molar-refractivity contribution in [3.8, 4) is 5.75 Å². The van der Waals surface area contributed by atoms with Gasteiger partial charge in [0, 0.05) is 25.0 Å². The van der Waals surface area contributed by atoms with Gasteiger partial charge in [0.15, 0.2) is 0 Å². The van der Waals surface area contributed by atoms with Crippen LogP contribution in [0.25, 0.3) is 0 Å². The number of hydrogen-bond acceptors (Lipinski definition) is 4. The molecule has 0 amide bonds. The van der Waals surface area contributed by atoms with Crippen LogP contribution in [0.5, 0.6) is 5.75 Å². The summed E-state index contributed by atoms with van der Waals surface area (Å²) in [5.74, 6) is 1.42. The molecule has 98 valence electrons. The Morgan fingerprint density at radius 1 is 1.28 bits per heavy atom. The topological polar surface area (TPSA) is 47.7 Å². The van der Waals surface area contributed by atoms with Crippen molar-refractivity contribution < 1.29 is 9.47 Å². The van der Waals surface area contributed by atoms with Crippen LogP contribution in [0.3, 0.4) is 0 Å². The number of anilines is 1. The van der Waals surface area contributed by atoms with E-state index >= 15 is 0 Å². The minimum absolute atomic E-state index is 0.168. The standard InChI is InChI=1S/C14H20N2O2/c15-12-10-17-9-11(12)8-16-6-3-7-18-14-5-2-1-4-13(14)16/h1-2,4-5,11-12H,3,6-10,15H2. The minimum atomic E-state index is 0.168. The molecule has 4 nitrogen and oxygen atoms in total. The van der Waals surface area contributed by atoms with Crippen molar-refractivity contribution in [1.82, 2.24) is 0 Å². The van der Waals surface area contributed by atoms with E-state index in [-0.39, 0.29) is 6.04 Å². The first-order chi connectivity index (χ1) is 8.84. The zero-order chi connectivity index (χ0) is 12.4. The van der Waals surface area contributed by atoms with Crippen LogP contribution in [0.2, 0.25) is 0 Å². The number of fused-ring (bicyclic) bond motifs is 1. The van der Waals surface area contributed by atoms with Gasteiger partial charge in [-0.2, -0.15) is 0 Å². The second-order valence-corrected chi connectivity index (χ2v) is 5.08. The molecule has 0 bridgehead atoms. The first kappa shape index (κ1) is 11.8. The lowest BCUT2D eigenvalue weighted by atomic mass is 10.0. The summed E-state index contributed by atoms with van der Waals surface area (Å²) in [4.78, 5) is 2.39. The lowest BCUT2D eigenvalue weighted by Gasteiger charge is -2.27. The maximum absolute atomic E-state index is 6.07. The largest absolute Gasteiger partial charge is 0.491 e. The fourth-order valence-electron chi connectivity index (χ4n) is 2.67. The fraction of sp³-hybridized carbons (Fsp3) is 0.571. The monoisotopic (exact) mass is 248 g/mol. The van der Waals surface area contributed by atoms with Gasteiger partial charge >= 0.3 is 0 Å². The van der Waals surface area contributed by atoms with Crippen LogP contribution >= 0.6 is 0 Å². The third-order valence-corrected chi connectivity index (χ3v) is 3.74. The van der Waals surface area contributed by atoms with Gasteiger partial charge in [-0.05, 0) is 18.6 Å². The first-order valence-corrected chi connectivity index (χ1v) is 6.64. The molecule has 0 radical (unpaired) electrons. The number of nitrogens with two attached hydrogens (primary N) is 1. The van der Waals surface area contributed by atoms with Crippen LogP contribution in [0.1, 0.15) is 6.42 Å². The Labute approximate surface area is 108 Å². The molecule has 2 atom stereocenters. The molecule has 3 rings (SSSR count). The number of hydrogen-bond donors (Lipinski definition) is 1. The maximum Gasteiger partial charge on any atom is 0.142 e. The molecule has 18 heavy (non-hydrogen) atoms. The number of para-hydroxylation sites is 2. The summed E-state index contributed by atoms with van der Waals surface area (Å²) in [5, 5.41) is 0. The Kier molecular flexibility index (Phi) is 3.39. The van der Waals surface area contributed by atoms with E-state index in [1.807, 2.05) is 12.1 Å². The maximum atomic E-state index is 6.07. The summed E-state index contributed by atoms with van der Waals surface area (Å²) in [5.41, 5.74) is 7.26. The second kappa shape index (κ2) is 5.16. The van der Waals surface area contributed by atoms with Crippen molar-refractivity contribution in [2.75, 3.05) is 37.8 Å². The highest BCUT2D eigenvalue weighted by atomic mass is 16.5. The number of benzene rings is 1. The van der Waals surface area contributed by atoms with E-state index in [1.165, 1.54) is 5.69 Å². The molecule has 1 fully saturated rings. The molecule has 2 heterocycles. The minimum Gasteiger partial charge on any atom is -0.491 e. The lowest BCUT2D eigenvalue weighted by Crippen LogP contribution is -2.38. The van der Waals surface area contributed by atoms with Gasteiger partial charge in [-0.15, -0.1) is 0 Å². The average Bonchev–Trinajstić information content (AvgIpc) is 2.68. The molecule has 2 aliphatic rings. The van der Waals surface area contributed by atoms with E-state index in [0.717, 1.165) is 38.5 Å². The van der Waals surface area contributed by atoms with Crippen molar-refractivity contribution in [2.45, 2.75) is 12.5 Å². The molecule has 0 spiro atoms. The zero-order valence-corrected chi connectivity index (χ0v) is 10.5. The van der Waals surface area contributed by atoms with Gasteiger partial charge in [0.1, 0.15) is 5.75 Å². The van der Waals surface area contributed by atoms with Gasteiger partial charge in [-0.25, -0.2) is 0 Å². The Balaban J connectivity index is 1.79. The van der Waals surface area contributed by atoms with Crippen molar-refractivity contribution in [2.24, 2.45) is 11.7 Å². The van der Waals surface area contributed by atoms with E-state index in [4.69, 9.17) is 15.2 Å². The van der Waals surface area contributed by atoms with Gasteiger partial charge < -0.3 is 20.1 Å². The van der Waals surface area contributed by atoms with Gasteiger partial charge in [0.25, 0.3) is 0 Å². The normalized spacial score (nSPS) is 27.5. The highest BCUT2D eigenvalue weighted by Gasteiger charge is 2.28. The summed E-state index contributed by atoms with van der Waals surface area (Å²) in [7, 11) is 0. The van der Waals surface area contributed by atoms with Crippen molar-refractivity contribution in [1.29, 1.82) is 0 Å². The molecule has 2 aliphatic heterocycles. The van der Waals surface area contributed by atoms with Crippen molar-refractivity contribution in [3.63, 3.8) is 0 Å². The fourth-order valence-corrected chi connectivity index (χ4v) is 2.67. The molecule has 4 heteroatoms. The third kappa shape index (κ3) is 2.31. The van der Waals surface area contributed by atoms with Crippen molar-refractivity contribution >= 4 is 5.69 Å². The number of ether oxygens (including phenoxy) is 2. The zero-order valence-electron chi connectivity index (χ0n) is 10.5. The number of nitrogens with zero attached hydrogens (tertiary/aromatic N) is 1. The molecule has 0 saturated carbocycles. The summed E-state index contributed by atoms with van der Waals surface area (Å²) in [6.07, 6.45) is 1.05. The second-order valence-electron chi connectivity index (χ2n) is 5.08. The summed E-state index contributed by atoms with van der Waals surface area (Å²) >= 11 is 0. The van der Waals surface area contributed by atoms with E-state index in [0.29, 0.717) is 12.5 Å². The summed E-state index contributed by atoms with van der Waals surface area (Å²) < 4.78 is 11.2. The van der Waals surface area contributed by atoms with Crippen LogP contribution in [-0.4, -0.2) is 39.0 Å². The highest BCUT2D eigenvalue weighted by molar-refractivity contribution is 5.59. The van der Waals surface area contributed by atoms with Crippen LogP contribution in [0.4, 0.5) is 5.69 Å². The van der Waals surface area contributed by atoms with Gasteiger partial charge in [0.05, 0.1) is 25.5 Å². The summed E-state index contributed by atoms with van der Waals surface area (Å²) in [6, 6.07) is 8.42. The Morgan fingerprint density at radius 2 is 2.17 bits per heavy atom. The highest BCUT2D eigenvalue weighted by Crippen LogP contribution is 2.31. The first-order valence-electron chi connectivity index (χ1n) is 6.64. The van der Waals surface area contributed by atoms with E-state index < -0.39 is 0 Å². The van der Waals surface area contributed by atoms with Crippen LogP contribution in [0.15, 0.2) is 24.3 Å². The predicted octanol–water partition coefficient (Wildman–Crippen LogP) is 1.25. The molecule has 1 aromatic rings. The molecule has 2 unspecified atom stereocenters. The Hall–Kier alpha value is -1.26. The molecule has 0 aliphatic carbocycles. The number of rotatable bonds is 2. The molecule has 2 N–H and O–H groups in total. The van der Waals surface area contributed by atoms with Gasteiger partial charge in [-0.3, -0.25) is 0 Å². The Morgan fingerprint density at radius 3 is 3.00 bits per heavy atom. The smallest absolute Gasteiger partial charge is 0.142 e. The van der Waals surface area contributed by atoms with Crippen molar-refractivity contribution in [3.05, 3.63) is 24.3 Å². The lowest BCUT2D eigenvalue weighted by molar-refractivity contribution is 0.185. The molecular weight excluding hydrogens is 228 g/mol.